The largest absolute Gasteiger partial charge is 0.368 e. The molecule has 3 fully saturated rings. The Labute approximate surface area is 209 Å². The molecule has 1 saturated carbocycles. The highest BCUT2D eigenvalue weighted by Crippen LogP contribution is 2.49. The molecule has 4 heterocycles. The fourth-order valence-electron chi connectivity index (χ4n) is 5.59. The summed E-state index contributed by atoms with van der Waals surface area (Å²) in [5, 5.41) is 6.27. The number of carbonyl (C=O) groups excluding carboxylic acids is 1. The number of amides is 1. The topological polar surface area (TPSA) is 112 Å². The maximum Gasteiger partial charge on any atom is 0.252 e. The molecule has 2 saturated heterocycles. The lowest BCUT2D eigenvalue weighted by Gasteiger charge is -2.34. The van der Waals surface area contributed by atoms with E-state index in [2.05, 4.69) is 37.7 Å². The molecule has 190 valence electrons. The van der Waals surface area contributed by atoms with Crippen LogP contribution in [0, 0.1) is 0 Å². The van der Waals surface area contributed by atoms with Gasteiger partial charge < -0.3 is 24.8 Å². The van der Waals surface area contributed by atoms with Gasteiger partial charge in [-0.05, 0) is 31.7 Å². The zero-order valence-electron chi connectivity index (χ0n) is 20.4. The molecule has 0 radical (unpaired) electrons. The van der Waals surface area contributed by atoms with Crippen molar-refractivity contribution >= 4 is 22.9 Å². The van der Waals surface area contributed by atoms with Crippen LogP contribution in [-0.4, -0.2) is 62.6 Å². The standard InChI is InChI=1S/C26H32N6O4/c1-2-27-24(33)20-19-21(36-26(35-19)12-7-4-8-13-26)25(34-20)32-16-31-18-22(29-15-30-23(18)32)28-14-11-17-9-5-3-6-10-17/h3,5-6,9-10,15-16,19-21,25H,2,4,7-8,11-14H2,1H3,(H,27,33)(H,28,29,30)/t19?,20-,21-,25+/m0/s1. The molecule has 3 aliphatic rings. The van der Waals surface area contributed by atoms with Crippen molar-refractivity contribution in [3.05, 3.63) is 48.5 Å². The van der Waals surface area contributed by atoms with Gasteiger partial charge in [0.1, 0.15) is 18.5 Å². The first kappa shape index (κ1) is 23.3. The van der Waals surface area contributed by atoms with Crippen molar-refractivity contribution in [3.8, 4) is 0 Å². The summed E-state index contributed by atoms with van der Waals surface area (Å²) in [6, 6.07) is 10.3. The summed E-state index contributed by atoms with van der Waals surface area (Å²) in [5.41, 5.74) is 2.52. The number of fused-ring (bicyclic) bond motifs is 2. The van der Waals surface area contributed by atoms with Crippen LogP contribution >= 0.6 is 0 Å². The summed E-state index contributed by atoms with van der Waals surface area (Å²) in [6.45, 7) is 3.13. The monoisotopic (exact) mass is 492 g/mol. The highest BCUT2D eigenvalue weighted by atomic mass is 16.8. The molecule has 10 heteroatoms. The van der Waals surface area contributed by atoms with Crippen LogP contribution in [0.2, 0.25) is 0 Å². The lowest BCUT2D eigenvalue weighted by molar-refractivity contribution is -0.229. The van der Waals surface area contributed by atoms with Crippen molar-refractivity contribution in [2.75, 3.05) is 18.4 Å². The van der Waals surface area contributed by atoms with Crippen molar-refractivity contribution in [2.24, 2.45) is 0 Å². The third-order valence-electron chi connectivity index (χ3n) is 7.30. The van der Waals surface area contributed by atoms with Crippen molar-refractivity contribution in [1.29, 1.82) is 0 Å². The normalized spacial score (nSPS) is 26.8. The maximum atomic E-state index is 12.9. The number of benzene rings is 1. The van der Waals surface area contributed by atoms with Gasteiger partial charge in [-0.3, -0.25) is 9.36 Å². The number of rotatable bonds is 7. The lowest BCUT2D eigenvalue weighted by atomic mass is 9.94. The lowest BCUT2D eigenvalue weighted by Crippen LogP contribution is -2.43. The van der Waals surface area contributed by atoms with E-state index in [4.69, 9.17) is 14.2 Å². The van der Waals surface area contributed by atoms with Gasteiger partial charge in [-0.2, -0.15) is 0 Å². The molecular formula is C26H32N6O4. The number of anilines is 1. The number of ether oxygens (including phenoxy) is 3. The average Bonchev–Trinajstić information content (AvgIpc) is 3.57. The molecule has 2 N–H and O–H groups in total. The second kappa shape index (κ2) is 9.76. The Morgan fingerprint density at radius 2 is 1.89 bits per heavy atom. The van der Waals surface area contributed by atoms with Crippen LogP contribution in [0.1, 0.15) is 50.8 Å². The molecule has 2 aliphatic heterocycles. The summed E-state index contributed by atoms with van der Waals surface area (Å²) in [6.07, 6.45) is 6.76. The van der Waals surface area contributed by atoms with Crippen molar-refractivity contribution < 1.29 is 19.0 Å². The SMILES string of the molecule is CCNC(=O)[C@H]1O[C@@H](n2cnc3c(NCCc4ccccc4)ncnc32)[C@H]2OC3(CCCCC3)OC12. The summed E-state index contributed by atoms with van der Waals surface area (Å²) in [7, 11) is 0. The number of likely N-dealkylation sites (N-methyl/N-ethyl adjacent to an activating group) is 1. The van der Waals surface area contributed by atoms with Crippen molar-refractivity contribution in [1.82, 2.24) is 24.8 Å². The first-order chi connectivity index (χ1) is 17.7. The minimum Gasteiger partial charge on any atom is -0.368 e. The molecule has 1 aromatic carbocycles. The van der Waals surface area contributed by atoms with E-state index in [1.165, 1.54) is 18.3 Å². The number of imidazole rings is 1. The number of aromatic nitrogens is 4. The highest BCUT2D eigenvalue weighted by Gasteiger charge is 2.60. The van der Waals surface area contributed by atoms with Gasteiger partial charge in [-0.1, -0.05) is 36.8 Å². The van der Waals surface area contributed by atoms with Gasteiger partial charge in [0, 0.05) is 25.9 Å². The molecule has 10 nitrogen and oxygen atoms in total. The maximum absolute atomic E-state index is 12.9. The van der Waals surface area contributed by atoms with E-state index in [0.717, 1.165) is 32.1 Å². The van der Waals surface area contributed by atoms with Gasteiger partial charge in [0.05, 0.1) is 6.33 Å². The summed E-state index contributed by atoms with van der Waals surface area (Å²) in [5.74, 6) is -0.166. The van der Waals surface area contributed by atoms with Gasteiger partial charge in [0.2, 0.25) is 0 Å². The number of hydrogen-bond acceptors (Lipinski definition) is 8. The zero-order chi connectivity index (χ0) is 24.5. The second-order valence-corrected chi connectivity index (χ2v) is 9.69. The van der Waals surface area contributed by atoms with Crippen molar-refractivity contribution in [3.63, 3.8) is 0 Å². The van der Waals surface area contributed by atoms with E-state index in [1.54, 1.807) is 6.33 Å². The Balaban J connectivity index is 1.26. The first-order valence-corrected chi connectivity index (χ1v) is 12.9. The Morgan fingerprint density at radius 3 is 2.69 bits per heavy atom. The van der Waals surface area contributed by atoms with Gasteiger partial charge in [0.15, 0.2) is 35.1 Å². The second-order valence-electron chi connectivity index (χ2n) is 9.69. The smallest absolute Gasteiger partial charge is 0.252 e. The summed E-state index contributed by atoms with van der Waals surface area (Å²) in [4.78, 5) is 26.4. The van der Waals surface area contributed by atoms with Crippen molar-refractivity contribution in [2.45, 2.75) is 75.8 Å². The van der Waals surface area contributed by atoms with Crippen LogP contribution < -0.4 is 10.6 Å². The van der Waals surface area contributed by atoms with E-state index in [0.29, 0.717) is 30.1 Å². The molecule has 1 unspecified atom stereocenters. The first-order valence-electron chi connectivity index (χ1n) is 12.9. The van der Waals surface area contributed by atoms with Crippen LogP contribution in [0.4, 0.5) is 5.82 Å². The van der Waals surface area contributed by atoms with Crippen LogP contribution in [0.3, 0.4) is 0 Å². The number of carbonyl (C=O) groups is 1. The average molecular weight is 493 g/mol. The summed E-state index contributed by atoms with van der Waals surface area (Å²) < 4.78 is 21.2. The predicted octanol–water partition coefficient (Wildman–Crippen LogP) is 2.96. The Hall–Kier alpha value is -3.08. The van der Waals surface area contributed by atoms with Gasteiger partial charge >= 0.3 is 0 Å². The van der Waals surface area contributed by atoms with Crippen LogP contribution in [-0.2, 0) is 25.4 Å². The van der Waals surface area contributed by atoms with Crippen LogP contribution in [0.5, 0.6) is 0 Å². The van der Waals surface area contributed by atoms with Gasteiger partial charge in [0.25, 0.3) is 5.91 Å². The molecule has 1 aliphatic carbocycles. The summed E-state index contributed by atoms with van der Waals surface area (Å²) >= 11 is 0. The van der Waals surface area contributed by atoms with Crippen LogP contribution in [0.25, 0.3) is 11.2 Å². The predicted molar refractivity (Wildman–Crippen MR) is 132 cm³/mol. The van der Waals surface area contributed by atoms with E-state index < -0.39 is 30.3 Å². The molecule has 4 atom stereocenters. The number of nitrogens with one attached hydrogen (secondary N) is 2. The molecular weight excluding hydrogens is 460 g/mol. The third kappa shape index (κ3) is 4.23. The molecule has 6 rings (SSSR count). The molecule has 3 aromatic rings. The fourth-order valence-corrected chi connectivity index (χ4v) is 5.59. The number of hydrogen-bond donors (Lipinski definition) is 2. The molecule has 1 spiro atoms. The minimum absolute atomic E-state index is 0.186. The molecule has 36 heavy (non-hydrogen) atoms. The van der Waals surface area contributed by atoms with Gasteiger partial charge in [-0.25, -0.2) is 15.0 Å². The van der Waals surface area contributed by atoms with Crippen LogP contribution in [0.15, 0.2) is 43.0 Å². The van der Waals surface area contributed by atoms with E-state index >= 15 is 0 Å². The Morgan fingerprint density at radius 1 is 1.08 bits per heavy atom. The zero-order valence-corrected chi connectivity index (χ0v) is 20.4. The van der Waals surface area contributed by atoms with Gasteiger partial charge in [-0.15, -0.1) is 0 Å². The van der Waals surface area contributed by atoms with E-state index in [-0.39, 0.29) is 5.91 Å². The van der Waals surface area contributed by atoms with E-state index in [1.807, 2.05) is 29.7 Å². The molecule has 1 amide bonds. The Bertz CT molecular complexity index is 1210. The minimum atomic E-state index is -0.760. The number of nitrogens with zero attached hydrogens (tertiary/aromatic N) is 4. The quantitative estimate of drug-likeness (QED) is 0.518. The molecule has 0 bridgehead atoms. The third-order valence-corrected chi connectivity index (χ3v) is 7.30. The highest BCUT2D eigenvalue weighted by molar-refractivity contribution is 5.83. The fraction of sp³-hybridized carbons (Fsp3) is 0.538. The van der Waals surface area contributed by atoms with E-state index in [9.17, 15) is 4.79 Å². The molecule has 2 aromatic heterocycles. The Kier molecular flexibility index (Phi) is 6.32.